The number of nitrogens with zero attached hydrogens (tertiary/aromatic N) is 2. The summed E-state index contributed by atoms with van der Waals surface area (Å²) in [5.41, 5.74) is -0.894. The van der Waals surface area contributed by atoms with Gasteiger partial charge in [0, 0.05) is 12.1 Å². The molecule has 0 bridgehead atoms. The third-order valence-electron chi connectivity index (χ3n) is 7.58. The Morgan fingerprint density at radius 3 is 2.54 bits per heavy atom. The number of fused-ring (bicyclic) bond motifs is 2. The molecule has 2 fully saturated rings. The van der Waals surface area contributed by atoms with Crippen molar-refractivity contribution in [1.29, 1.82) is 0 Å². The van der Waals surface area contributed by atoms with Crippen LogP contribution in [0.2, 0.25) is 0 Å². The van der Waals surface area contributed by atoms with Crippen molar-refractivity contribution >= 4 is 17.8 Å². The van der Waals surface area contributed by atoms with E-state index in [0.717, 1.165) is 5.56 Å². The smallest absolute Gasteiger partial charge is 0.313 e. The number of aliphatic hydroxyl groups is 1. The van der Waals surface area contributed by atoms with Crippen molar-refractivity contribution in [2.75, 3.05) is 19.8 Å². The molecular formula is C27H32N2O6. The topological polar surface area (TPSA) is 96.4 Å². The minimum Gasteiger partial charge on any atom is -0.461 e. The van der Waals surface area contributed by atoms with Crippen molar-refractivity contribution in [1.82, 2.24) is 9.80 Å². The molecule has 2 saturated heterocycles. The summed E-state index contributed by atoms with van der Waals surface area (Å²) in [4.78, 5) is 44.6. The fourth-order valence-electron chi connectivity index (χ4n) is 6.04. The lowest BCUT2D eigenvalue weighted by atomic mass is 9.78. The Morgan fingerprint density at radius 2 is 1.86 bits per heavy atom. The number of rotatable bonds is 4. The Hall–Kier alpha value is -2.97. The fourth-order valence-corrected chi connectivity index (χ4v) is 6.04. The summed E-state index contributed by atoms with van der Waals surface area (Å²) in [5, 5.41) is 10.4. The first-order chi connectivity index (χ1) is 16.7. The average Bonchev–Trinajstić information content (AvgIpc) is 3.11. The predicted molar refractivity (Wildman–Crippen MR) is 127 cm³/mol. The summed E-state index contributed by atoms with van der Waals surface area (Å²) in [6.45, 7) is 5.99. The first-order valence-corrected chi connectivity index (χ1v) is 12.2. The minimum absolute atomic E-state index is 0.121. The van der Waals surface area contributed by atoms with Crippen LogP contribution < -0.4 is 0 Å². The van der Waals surface area contributed by atoms with E-state index < -0.39 is 47.1 Å². The molecule has 0 radical (unpaired) electrons. The van der Waals surface area contributed by atoms with Crippen molar-refractivity contribution in [3.8, 4) is 0 Å². The van der Waals surface area contributed by atoms with Crippen LogP contribution in [0.5, 0.6) is 0 Å². The van der Waals surface area contributed by atoms with Gasteiger partial charge in [0.25, 0.3) is 0 Å². The minimum atomic E-state index is -1.33. The van der Waals surface area contributed by atoms with Gasteiger partial charge in [-0.3, -0.25) is 14.4 Å². The van der Waals surface area contributed by atoms with Crippen LogP contribution in [-0.4, -0.2) is 81.8 Å². The number of likely N-dealkylation sites (tertiary alicyclic amines) is 1. The second-order valence-corrected chi connectivity index (χ2v) is 10.7. The first-order valence-electron chi connectivity index (χ1n) is 12.2. The molecule has 0 aromatic heterocycles. The Bertz CT molecular complexity index is 1080. The first kappa shape index (κ1) is 23.8. The number of hydrogen-bond donors (Lipinski definition) is 1. The molecule has 1 aromatic carbocycles. The highest BCUT2D eigenvalue weighted by molar-refractivity contribution is 5.99. The van der Waals surface area contributed by atoms with E-state index in [1.165, 1.54) is 4.90 Å². The molecule has 186 valence electrons. The summed E-state index contributed by atoms with van der Waals surface area (Å²) < 4.78 is 11.9. The van der Waals surface area contributed by atoms with Gasteiger partial charge in [0.1, 0.15) is 24.2 Å². The van der Waals surface area contributed by atoms with Crippen LogP contribution >= 0.6 is 0 Å². The van der Waals surface area contributed by atoms with Gasteiger partial charge in [-0.1, -0.05) is 48.6 Å². The van der Waals surface area contributed by atoms with Crippen LogP contribution in [0.25, 0.3) is 0 Å². The van der Waals surface area contributed by atoms with E-state index in [0.29, 0.717) is 13.0 Å². The van der Waals surface area contributed by atoms with Gasteiger partial charge in [-0.25, -0.2) is 0 Å². The Morgan fingerprint density at radius 1 is 1.11 bits per heavy atom. The van der Waals surface area contributed by atoms with Crippen LogP contribution in [0.4, 0.5) is 0 Å². The van der Waals surface area contributed by atoms with E-state index in [-0.39, 0.29) is 25.0 Å². The number of aliphatic hydroxyl groups excluding tert-OH is 1. The molecule has 35 heavy (non-hydrogen) atoms. The predicted octanol–water partition coefficient (Wildman–Crippen LogP) is 1.48. The van der Waals surface area contributed by atoms with E-state index in [1.54, 1.807) is 23.1 Å². The molecule has 8 nitrogen and oxygen atoms in total. The molecule has 4 aliphatic heterocycles. The largest absolute Gasteiger partial charge is 0.461 e. The highest BCUT2D eigenvalue weighted by Gasteiger charge is 2.72. The van der Waals surface area contributed by atoms with Crippen molar-refractivity contribution in [2.45, 2.75) is 56.5 Å². The molecular weight excluding hydrogens is 448 g/mol. The van der Waals surface area contributed by atoms with E-state index >= 15 is 0 Å². The Balaban J connectivity index is 1.64. The summed E-state index contributed by atoms with van der Waals surface area (Å²) in [6, 6.07) is 7.88. The number of hydrogen-bond acceptors (Lipinski definition) is 6. The Kier molecular flexibility index (Phi) is 5.84. The number of carbonyl (C=O) groups excluding carboxylic acids is 3. The van der Waals surface area contributed by atoms with E-state index in [4.69, 9.17) is 9.47 Å². The molecule has 1 unspecified atom stereocenters. The molecule has 1 spiro atoms. The summed E-state index contributed by atoms with van der Waals surface area (Å²) in [5.74, 6) is -2.89. The van der Waals surface area contributed by atoms with Crippen LogP contribution in [-0.2, 0) is 30.3 Å². The molecule has 0 saturated carbocycles. The van der Waals surface area contributed by atoms with E-state index in [2.05, 4.69) is 0 Å². The molecule has 6 atom stereocenters. The Labute approximate surface area is 205 Å². The van der Waals surface area contributed by atoms with Crippen LogP contribution in [0.1, 0.15) is 26.3 Å². The van der Waals surface area contributed by atoms with Gasteiger partial charge < -0.3 is 24.4 Å². The molecule has 8 heteroatoms. The lowest BCUT2D eigenvalue weighted by Gasteiger charge is -2.42. The third-order valence-corrected chi connectivity index (χ3v) is 7.58. The summed E-state index contributed by atoms with van der Waals surface area (Å²) in [6.07, 6.45) is 6.84. The SMILES string of the molecule is CC(C)(C)N1CC=C[C@]23O[C@H]4C=CCOC(=O)[C@H]4[C@H]2C(=O)N([C@@H](CO)Cc2ccccc2)C3C1=O. The lowest BCUT2D eigenvalue weighted by molar-refractivity contribution is -0.156. The molecule has 2 amide bonds. The average molecular weight is 481 g/mol. The molecule has 1 N–H and O–H groups in total. The van der Waals surface area contributed by atoms with E-state index in [9.17, 15) is 19.5 Å². The van der Waals surface area contributed by atoms with Gasteiger partial charge >= 0.3 is 5.97 Å². The highest BCUT2D eigenvalue weighted by Crippen LogP contribution is 2.54. The van der Waals surface area contributed by atoms with Gasteiger partial charge in [-0.2, -0.15) is 0 Å². The van der Waals surface area contributed by atoms with Crippen LogP contribution in [0.3, 0.4) is 0 Å². The molecule has 4 heterocycles. The van der Waals surface area contributed by atoms with Crippen molar-refractivity contribution < 1.29 is 29.0 Å². The summed E-state index contributed by atoms with van der Waals surface area (Å²) >= 11 is 0. The van der Waals surface area contributed by atoms with Crippen molar-refractivity contribution in [2.24, 2.45) is 11.8 Å². The summed E-state index contributed by atoms with van der Waals surface area (Å²) in [7, 11) is 0. The van der Waals surface area contributed by atoms with Gasteiger partial charge in [-0.05, 0) is 38.8 Å². The second-order valence-electron chi connectivity index (χ2n) is 10.7. The molecule has 5 rings (SSSR count). The second kappa shape index (κ2) is 8.60. The number of carbonyl (C=O) groups is 3. The zero-order valence-electron chi connectivity index (χ0n) is 20.3. The zero-order valence-corrected chi connectivity index (χ0v) is 20.3. The molecule has 4 aliphatic rings. The monoisotopic (exact) mass is 480 g/mol. The van der Waals surface area contributed by atoms with Gasteiger partial charge in [-0.15, -0.1) is 0 Å². The zero-order chi connectivity index (χ0) is 25.0. The highest BCUT2D eigenvalue weighted by atomic mass is 16.6. The van der Waals surface area contributed by atoms with Gasteiger partial charge in [0.15, 0.2) is 0 Å². The number of cyclic esters (lactones) is 1. The van der Waals surface area contributed by atoms with Crippen molar-refractivity contribution in [3.05, 3.63) is 60.2 Å². The van der Waals surface area contributed by atoms with E-state index in [1.807, 2.05) is 57.2 Å². The molecule has 1 aromatic rings. The number of benzene rings is 1. The van der Waals surface area contributed by atoms with Gasteiger partial charge in [0.05, 0.1) is 24.7 Å². The lowest BCUT2D eigenvalue weighted by Crippen LogP contribution is -2.61. The van der Waals surface area contributed by atoms with Crippen LogP contribution in [0, 0.1) is 11.8 Å². The van der Waals surface area contributed by atoms with Crippen LogP contribution in [0.15, 0.2) is 54.6 Å². The quantitative estimate of drug-likeness (QED) is 0.518. The standard InChI is InChI=1S/C27H32N2O6/c1-26(2,3)28-13-8-12-27-21(20-19(35-27)11-7-14-34-25(20)33)23(31)29(22(27)24(28)32)18(16-30)15-17-9-5-4-6-10-17/h4-12,18-22,30H,13-16H2,1-3H3/t18-,19+,20-,21+,22?,27+/m1/s1. The third kappa shape index (κ3) is 3.70. The normalized spacial score (nSPS) is 33.1. The molecule has 0 aliphatic carbocycles. The fraction of sp³-hybridized carbons (Fsp3) is 0.519. The maximum Gasteiger partial charge on any atom is 0.313 e. The number of ether oxygens (including phenoxy) is 2. The van der Waals surface area contributed by atoms with Crippen molar-refractivity contribution in [3.63, 3.8) is 0 Å². The maximum absolute atomic E-state index is 14.2. The number of amides is 2. The van der Waals surface area contributed by atoms with Gasteiger partial charge in [0.2, 0.25) is 11.8 Å². The maximum atomic E-state index is 14.2. The number of esters is 1.